The fourth-order valence-electron chi connectivity index (χ4n) is 3.57. The Balaban J connectivity index is 1.58. The molecule has 29 heavy (non-hydrogen) atoms. The van der Waals surface area contributed by atoms with Crippen molar-refractivity contribution in [2.45, 2.75) is 31.7 Å². The molecule has 0 saturated carbocycles. The Bertz CT molecular complexity index is 866. The van der Waals surface area contributed by atoms with Gasteiger partial charge in [-0.25, -0.2) is 4.79 Å². The molecule has 152 valence electrons. The van der Waals surface area contributed by atoms with E-state index in [1.807, 2.05) is 43.3 Å². The second-order valence-corrected chi connectivity index (χ2v) is 6.95. The second-order valence-electron chi connectivity index (χ2n) is 6.95. The fraction of sp³-hybridized carbons (Fsp3) is 0.318. The molecule has 0 aliphatic heterocycles. The predicted octanol–water partition coefficient (Wildman–Crippen LogP) is 2.89. The summed E-state index contributed by atoms with van der Waals surface area (Å²) in [5, 5.41) is 13.6. The van der Waals surface area contributed by atoms with Crippen LogP contribution in [0.5, 0.6) is 0 Å². The van der Waals surface area contributed by atoms with Crippen molar-refractivity contribution in [3.05, 3.63) is 59.7 Å². The highest BCUT2D eigenvalue weighted by Gasteiger charge is 2.29. The number of alkyl carbamates (subject to hydrolysis) is 1. The lowest BCUT2D eigenvalue weighted by Gasteiger charge is -2.18. The van der Waals surface area contributed by atoms with Crippen LogP contribution in [0.2, 0.25) is 0 Å². The van der Waals surface area contributed by atoms with E-state index in [0.717, 1.165) is 22.3 Å². The van der Waals surface area contributed by atoms with Gasteiger partial charge in [0.2, 0.25) is 5.91 Å². The first-order valence-corrected chi connectivity index (χ1v) is 9.59. The molecule has 1 atom stereocenters. The number of hydrogen-bond donors (Lipinski definition) is 3. The lowest BCUT2D eigenvalue weighted by Crippen LogP contribution is -2.40. The van der Waals surface area contributed by atoms with E-state index in [0.29, 0.717) is 6.42 Å². The summed E-state index contributed by atoms with van der Waals surface area (Å²) in [6.45, 7) is 1.58. The van der Waals surface area contributed by atoms with Gasteiger partial charge >= 0.3 is 12.1 Å². The van der Waals surface area contributed by atoms with Crippen molar-refractivity contribution >= 4 is 18.0 Å². The molecule has 2 aromatic carbocycles. The van der Waals surface area contributed by atoms with E-state index in [1.165, 1.54) is 0 Å². The first-order chi connectivity index (χ1) is 14.0. The lowest BCUT2D eigenvalue weighted by molar-refractivity contribution is -0.138. The van der Waals surface area contributed by atoms with Crippen LogP contribution in [0, 0.1) is 0 Å². The van der Waals surface area contributed by atoms with Crippen LogP contribution in [-0.4, -0.2) is 42.3 Å². The summed E-state index contributed by atoms with van der Waals surface area (Å²) in [4.78, 5) is 34.6. The topological polar surface area (TPSA) is 105 Å². The largest absolute Gasteiger partial charge is 0.480 e. The van der Waals surface area contributed by atoms with Crippen molar-refractivity contribution in [3.63, 3.8) is 0 Å². The quantitative estimate of drug-likeness (QED) is 0.636. The number of nitrogens with one attached hydrogen (secondary N) is 2. The Morgan fingerprint density at radius 1 is 1.03 bits per heavy atom. The molecular formula is C22H24N2O5. The van der Waals surface area contributed by atoms with Gasteiger partial charge in [-0.15, -0.1) is 0 Å². The first kappa shape index (κ1) is 20.4. The van der Waals surface area contributed by atoms with Gasteiger partial charge in [0.25, 0.3) is 0 Å². The molecule has 7 nitrogen and oxygen atoms in total. The van der Waals surface area contributed by atoms with Gasteiger partial charge in [-0.2, -0.15) is 0 Å². The van der Waals surface area contributed by atoms with Crippen LogP contribution in [0.15, 0.2) is 48.5 Å². The van der Waals surface area contributed by atoms with Crippen LogP contribution in [-0.2, 0) is 14.3 Å². The van der Waals surface area contributed by atoms with Crippen molar-refractivity contribution in [3.8, 4) is 11.1 Å². The van der Waals surface area contributed by atoms with Gasteiger partial charge < -0.3 is 20.5 Å². The molecule has 0 spiro atoms. The number of carboxylic acids is 1. The fourth-order valence-corrected chi connectivity index (χ4v) is 3.57. The highest BCUT2D eigenvalue weighted by Crippen LogP contribution is 2.44. The third-order valence-corrected chi connectivity index (χ3v) is 5.03. The number of amides is 2. The summed E-state index contributed by atoms with van der Waals surface area (Å²) in [6.07, 6.45) is -0.0803. The summed E-state index contributed by atoms with van der Waals surface area (Å²) in [5.41, 5.74) is 4.56. The number of benzene rings is 2. The number of ether oxygens (including phenoxy) is 1. The zero-order chi connectivity index (χ0) is 20.8. The number of carbonyl (C=O) groups excluding carboxylic acids is 2. The SMILES string of the molecule is CC[C@@H](CC(=O)NCC(=O)O)NC(=O)OCC1c2ccccc2-c2ccccc21. The maximum Gasteiger partial charge on any atom is 0.407 e. The summed E-state index contributed by atoms with van der Waals surface area (Å²) in [6, 6.07) is 15.7. The van der Waals surface area contributed by atoms with Crippen LogP contribution in [0.1, 0.15) is 36.8 Å². The maximum absolute atomic E-state index is 12.3. The lowest BCUT2D eigenvalue weighted by atomic mass is 9.98. The third-order valence-electron chi connectivity index (χ3n) is 5.03. The molecule has 0 fully saturated rings. The highest BCUT2D eigenvalue weighted by atomic mass is 16.5. The Hall–Kier alpha value is -3.35. The summed E-state index contributed by atoms with van der Waals surface area (Å²) in [7, 11) is 0. The Labute approximate surface area is 169 Å². The summed E-state index contributed by atoms with van der Waals surface area (Å²) >= 11 is 0. The van der Waals surface area contributed by atoms with E-state index >= 15 is 0 Å². The summed E-state index contributed by atoms with van der Waals surface area (Å²) in [5.74, 6) is -1.58. The van der Waals surface area contributed by atoms with Crippen LogP contribution in [0.4, 0.5) is 4.79 Å². The normalized spacial score (nSPS) is 13.1. The molecule has 0 radical (unpaired) electrons. The molecular weight excluding hydrogens is 372 g/mol. The highest BCUT2D eigenvalue weighted by molar-refractivity contribution is 5.82. The minimum absolute atomic E-state index is 0.00598. The predicted molar refractivity (Wildman–Crippen MR) is 108 cm³/mol. The Kier molecular flexibility index (Phi) is 6.49. The van der Waals surface area contributed by atoms with Crippen molar-refractivity contribution in [2.24, 2.45) is 0 Å². The van der Waals surface area contributed by atoms with Gasteiger partial charge in [0.1, 0.15) is 13.2 Å². The van der Waals surface area contributed by atoms with E-state index in [4.69, 9.17) is 9.84 Å². The van der Waals surface area contributed by atoms with E-state index in [2.05, 4.69) is 22.8 Å². The number of rotatable bonds is 8. The van der Waals surface area contributed by atoms with Crippen molar-refractivity contribution in [1.82, 2.24) is 10.6 Å². The molecule has 1 aliphatic carbocycles. The zero-order valence-corrected chi connectivity index (χ0v) is 16.2. The Morgan fingerprint density at radius 2 is 1.62 bits per heavy atom. The van der Waals surface area contributed by atoms with Crippen LogP contribution < -0.4 is 10.6 Å². The van der Waals surface area contributed by atoms with E-state index in [-0.39, 0.29) is 18.9 Å². The number of aliphatic carboxylic acids is 1. The van der Waals surface area contributed by atoms with E-state index < -0.39 is 30.6 Å². The van der Waals surface area contributed by atoms with Crippen molar-refractivity contribution in [1.29, 1.82) is 0 Å². The average molecular weight is 396 g/mol. The number of carboxylic acid groups (broad SMARTS) is 1. The van der Waals surface area contributed by atoms with E-state index in [9.17, 15) is 14.4 Å². The second kappa shape index (κ2) is 9.23. The number of hydrogen-bond acceptors (Lipinski definition) is 4. The molecule has 0 aromatic heterocycles. The molecule has 0 heterocycles. The molecule has 0 bridgehead atoms. The molecule has 0 unspecified atom stereocenters. The van der Waals surface area contributed by atoms with Gasteiger partial charge in [0.15, 0.2) is 0 Å². The molecule has 3 rings (SSSR count). The number of carbonyl (C=O) groups is 3. The zero-order valence-electron chi connectivity index (χ0n) is 16.2. The molecule has 1 aliphatic rings. The van der Waals surface area contributed by atoms with Crippen molar-refractivity contribution < 1.29 is 24.2 Å². The first-order valence-electron chi connectivity index (χ1n) is 9.59. The van der Waals surface area contributed by atoms with Gasteiger partial charge in [0, 0.05) is 18.4 Å². The van der Waals surface area contributed by atoms with E-state index in [1.54, 1.807) is 0 Å². The van der Waals surface area contributed by atoms with Crippen LogP contribution in [0.3, 0.4) is 0 Å². The van der Waals surface area contributed by atoms with Gasteiger partial charge in [-0.1, -0.05) is 55.5 Å². The molecule has 7 heteroatoms. The molecule has 2 amide bonds. The van der Waals surface area contributed by atoms with Crippen LogP contribution in [0.25, 0.3) is 11.1 Å². The molecule has 2 aromatic rings. The average Bonchev–Trinajstić information content (AvgIpc) is 3.04. The molecule has 0 saturated heterocycles. The summed E-state index contributed by atoms with van der Waals surface area (Å²) < 4.78 is 5.48. The standard InChI is InChI=1S/C22H24N2O5/c1-2-14(11-20(25)23-12-21(26)27)24-22(28)29-13-19-17-9-5-3-7-15(17)16-8-4-6-10-18(16)19/h3-10,14,19H,2,11-13H2,1H3,(H,23,25)(H,24,28)(H,26,27)/t14-/m0/s1. The Morgan fingerprint density at radius 3 is 2.17 bits per heavy atom. The molecule has 3 N–H and O–H groups in total. The van der Waals surface area contributed by atoms with Gasteiger partial charge in [-0.05, 0) is 28.7 Å². The minimum Gasteiger partial charge on any atom is -0.480 e. The van der Waals surface area contributed by atoms with Crippen molar-refractivity contribution in [2.75, 3.05) is 13.2 Å². The monoisotopic (exact) mass is 396 g/mol. The minimum atomic E-state index is -1.11. The number of fused-ring (bicyclic) bond motifs is 3. The van der Waals surface area contributed by atoms with Gasteiger partial charge in [0.05, 0.1) is 0 Å². The maximum atomic E-state index is 12.3. The van der Waals surface area contributed by atoms with Crippen LogP contribution >= 0.6 is 0 Å². The van der Waals surface area contributed by atoms with Gasteiger partial charge in [-0.3, -0.25) is 9.59 Å². The smallest absolute Gasteiger partial charge is 0.407 e. The third kappa shape index (κ3) is 4.93.